The maximum Gasteiger partial charge on any atom is 0.511 e. The van der Waals surface area contributed by atoms with E-state index in [1.165, 1.54) is 13.8 Å². The fourth-order valence-corrected chi connectivity index (χ4v) is 4.71. The Labute approximate surface area is 255 Å². The van der Waals surface area contributed by atoms with E-state index in [1.807, 2.05) is 13.8 Å². The first-order valence-corrected chi connectivity index (χ1v) is 14.0. The van der Waals surface area contributed by atoms with E-state index < -0.39 is 53.6 Å². The van der Waals surface area contributed by atoms with Crippen LogP contribution in [0, 0.1) is 11.3 Å². The number of nitrogens with zero attached hydrogens (tertiary/aromatic N) is 1. The molecule has 13 nitrogen and oxygen atoms in total. The van der Waals surface area contributed by atoms with Crippen LogP contribution >= 0.6 is 11.6 Å². The van der Waals surface area contributed by atoms with Gasteiger partial charge in [-0.25, -0.2) is 19.2 Å². The summed E-state index contributed by atoms with van der Waals surface area (Å²) in [5.74, 6) is -2.93. The fraction of sp³-hybridized carbons (Fsp3) is 0.552. The van der Waals surface area contributed by atoms with Crippen LogP contribution in [0.3, 0.4) is 0 Å². The van der Waals surface area contributed by atoms with Gasteiger partial charge in [-0.05, 0) is 43.9 Å². The number of hydrogen-bond donors (Lipinski definition) is 4. The number of aliphatic carboxylic acids is 1. The number of piperidine rings is 1. The number of rotatable bonds is 11. The zero-order valence-electron chi connectivity index (χ0n) is 25.1. The first-order chi connectivity index (χ1) is 19.9. The number of likely N-dealkylation sites (tertiary alicyclic amines) is 1. The van der Waals surface area contributed by atoms with Crippen molar-refractivity contribution in [3.63, 3.8) is 0 Å². The average molecular weight is 626 g/mol. The summed E-state index contributed by atoms with van der Waals surface area (Å²) in [4.78, 5) is 61.6. The lowest BCUT2D eigenvalue weighted by atomic mass is 9.66. The minimum Gasteiger partial charge on any atom is -0.478 e. The lowest BCUT2D eigenvalue weighted by molar-refractivity contribution is -0.155. The highest BCUT2D eigenvalue weighted by molar-refractivity contribution is 6.30. The molecule has 1 heterocycles. The molecule has 2 atom stereocenters. The number of aliphatic hydroxyl groups is 1. The van der Waals surface area contributed by atoms with Crippen LogP contribution in [0.2, 0.25) is 5.02 Å². The van der Waals surface area contributed by atoms with Gasteiger partial charge in [0.15, 0.2) is 0 Å². The Hall–Kier alpha value is -3.84. The van der Waals surface area contributed by atoms with Crippen molar-refractivity contribution >= 4 is 41.6 Å². The van der Waals surface area contributed by atoms with E-state index >= 15 is 0 Å². The molecule has 4 N–H and O–H groups in total. The Kier molecular flexibility index (Phi) is 12.0. The van der Waals surface area contributed by atoms with Crippen LogP contribution in [0.1, 0.15) is 53.5 Å². The van der Waals surface area contributed by atoms with Gasteiger partial charge in [-0.3, -0.25) is 4.79 Å². The van der Waals surface area contributed by atoms with Gasteiger partial charge in [0.25, 0.3) is 0 Å². The van der Waals surface area contributed by atoms with Crippen molar-refractivity contribution in [1.29, 1.82) is 0 Å². The number of carbonyl (C=O) groups excluding carboxylic acids is 4. The van der Waals surface area contributed by atoms with Gasteiger partial charge in [0, 0.05) is 35.7 Å². The molecule has 14 heteroatoms. The lowest BCUT2D eigenvalue weighted by Crippen LogP contribution is -2.61. The van der Waals surface area contributed by atoms with E-state index in [0.717, 1.165) is 5.56 Å². The predicted octanol–water partition coefficient (Wildman–Crippen LogP) is 3.18. The van der Waals surface area contributed by atoms with E-state index in [1.54, 1.807) is 43.0 Å². The summed E-state index contributed by atoms with van der Waals surface area (Å²) in [5.41, 5.74) is -2.42. The van der Waals surface area contributed by atoms with E-state index in [0.29, 0.717) is 23.6 Å². The molecule has 0 spiro atoms. The van der Waals surface area contributed by atoms with Crippen LogP contribution in [0.15, 0.2) is 36.4 Å². The Morgan fingerprint density at radius 1 is 1.09 bits per heavy atom. The number of benzene rings is 1. The molecule has 0 aliphatic carbocycles. The highest BCUT2D eigenvalue weighted by Gasteiger charge is 2.50. The van der Waals surface area contributed by atoms with Gasteiger partial charge >= 0.3 is 24.1 Å². The van der Waals surface area contributed by atoms with E-state index in [2.05, 4.69) is 20.1 Å². The fourth-order valence-electron chi connectivity index (χ4n) is 4.58. The predicted molar refractivity (Wildman–Crippen MR) is 155 cm³/mol. The number of amides is 3. The summed E-state index contributed by atoms with van der Waals surface area (Å²) in [6, 6.07) is 5.48. The van der Waals surface area contributed by atoms with Crippen molar-refractivity contribution in [2.75, 3.05) is 26.4 Å². The number of ether oxygens (including phenoxy) is 3. The van der Waals surface area contributed by atoms with Crippen molar-refractivity contribution in [2.45, 2.75) is 65.2 Å². The number of carboxylic acids is 1. The minimum absolute atomic E-state index is 0.154. The van der Waals surface area contributed by atoms with Crippen molar-refractivity contribution in [2.24, 2.45) is 11.3 Å². The number of carboxylic acid groups (broad SMARTS) is 1. The van der Waals surface area contributed by atoms with Gasteiger partial charge in [0.05, 0.1) is 12.1 Å². The molecule has 1 saturated heterocycles. The summed E-state index contributed by atoms with van der Waals surface area (Å²) >= 11 is 6.02. The van der Waals surface area contributed by atoms with E-state index in [-0.39, 0.29) is 31.5 Å². The van der Waals surface area contributed by atoms with Gasteiger partial charge in [-0.2, -0.15) is 0 Å². The number of hydrogen-bond acceptors (Lipinski definition) is 9. The first kappa shape index (κ1) is 35.4. The number of carbonyl (C=O) groups is 5. The zero-order valence-corrected chi connectivity index (χ0v) is 25.9. The second-order valence-corrected chi connectivity index (χ2v) is 12.3. The minimum atomic E-state index is -1.35. The lowest BCUT2D eigenvalue weighted by Gasteiger charge is -2.51. The topological polar surface area (TPSA) is 181 Å². The molecule has 238 valence electrons. The molecular weight excluding hydrogens is 586 g/mol. The third-order valence-corrected chi connectivity index (χ3v) is 7.33. The van der Waals surface area contributed by atoms with Crippen LogP contribution in [-0.2, 0) is 34.2 Å². The molecule has 0 saturated carbocycles. The van der Waals surface area contributed by atoms with Crippen LogP contribution < -0.4 is 10.6 Å². The quantitative estimate of drug-likeness (QED) is 0.162. The summed E-state index contributed by atoms with van der Waals surface area (Å²) in [6.45, 7) is 9.95. The molecule has 1 aromatic rings. The number of urea groups is 1. The molecule has 43 heavy (non-hydrogen) atoms. The van der Waals surface area contributed by atoms with Gasteiger partial charge in [-0.1, -0.05) is 51.4 Å². The highest BCUT2D eigenvalue weighted by Crippen LogP contribution is 2.46. The van der Waals surface area contributed by atoms with Crippen LogP contribution in [0.25, 0.3) is 0 Å². The van der Waals surface area contributed by atoms with Crippen LogP contribution in [0.4, 0.5) is 9.59 Å². The molecule has 1 fully saturated rings. The van der Waals surface area contributed by atoms with E-state index in [9.17, 15) is 29.1 Å². The monoisotopic (exact) mass is 625 g/mol. The van der Waals surface area contributed by atoms with Gasteiger partial charge in [0.1, 0.15) is 11.6 Å². The maximum absolute atomic E-state index is 13.6. The summed E-state index contributed by atoms with van der Waals surface area (Å²) in [5, 5.41) is 25.9. The third kappa shape index (κ3) is 10.1. The molecule has 2 rings (SSSR count). The Morgan fingerprint density at radius 3 is 2.28 bits per heavy atom. The Bertz CT molecular complexity index is 1220. The van der Waals surface area contributed by atoms with Gasteiger partial charge < -0.3 is 40.0 Å². The first-order valence-electron chi connectivity index (χ1n) is 13.6. The van der Waals surface area contributed by atoms with Gasteiger partial charge in [-0.15, -0.1) is 0 Å². The number of halogens is 1. The van der Waals surface area contributed by atoms with Crippen molar-refractivity contribution in [3.8, 4) is 0 Å². The highest BCUT2D eigenvalue weighted by atomic mass is 35.5. The Morgan fingerprint density at radius 2 is 1.72 bits per heavy atom. The molecular formula is C29H40ClN3O10. The summed E-state index contributed by atoms with van der Waals surface area (Å²) in [7, 11) is 0. The molecule has 3 amide bonds. The molecule has 0 bridgehead atoms. The SMILES string of the molecule is CC(C)[C@@H](NC(=O)NCC(C)(C)OC(=O)OCOC(=O)/C=C/C(=O)O)C(=O)N1CC[C@](O)(c2ccc(Cl)cc2)C(C)(C)C1. The smallest absolute Gasteiger partial charge is 0.478 e. The van der Waals surface area contributed by atoms with E-state index in [4.69, 9.17) is 21.4 Å². The average Bonchev–Trinajstić information content (AvgIpc) is 2.90. The number of nitrogens with one attached hydrogen (secondary N) is 2. The Balaban J connectivity index is 1.91. The molecule has 0 aromatic heterocycles. The second kappa shape index (κ2) is 14.6. The standard InChI is InChI=1S/C29H40ClN3O10/c1-18(2)23(24(37)33-14-13-29(40,27(3,4)16-33)19-7-9-20(30)10-8-19)32-25(38)31-15-28(5,6)43-26(39)42-17-41-22(36)12-11-21(34)35/h7-12,18,23,40H,13-17H2,1-6H3,(H,34,35)(H2,31,32,38)/b12-11+/t23-,29+/m1/s1. The van der Waals surface area contributed by atoms with Gasteiger partial charge in [0.2, 0.25) is 12.7 Å². The summed E-state index contributed by atoms with van der Waals surface area (Å²) < 4.78 is 14.3. The van der Waals surface area contributed by atoms with Crippen molar-refractivity contribution in [1.82, 2.24) is 15.5 Å². The molecule has 1 aliphatic heterocycles. The summed E-state index contributed by atoms with van der Waals surface area (Å²) in [6.07, 6.45) is 0.313. The van der Waals surface area contributed by atoms with Crippen LogP contribution in [0.5, 0.6) is 0 Å². The largest absolute Gasteiger partial charge is 0.511 e. The second-order valence-electron chi connectivity index (χ2n) is 11.8. The molecule has 0 radical (unpaired) electrons. The molecule has 1 aliphatic rings. The molecule has 0 unspecified atom stereocenters. The van der Waals surface area contributed by atoms with Crippen molar-refractivity contribution in [3.05, 3.63) is 47.0 Å². The molecule has 1 aromatic carbocycles. The third-order valence-electron chi connectivity index (χ3n) is 7.08. The number of esters is 1. The van der Waals surface area contributed by atoms with Crippen molar-refractivity contribution < 1.29 is 48.4 Å². The normalized spacial score (nSPS) is 19.0. The van der Waals surface area contributed by atoms with Crippen LogP contribution in [-0.4, -0.2) is 83.2 Å². The maximum atomic E-state index is 13.6. The zero-order chi connectivity index (χ0) is 32.6.